The van der Waals surface area contributed by atoms with Crippen LogP contribution in [0.5, 0.6) is 0 Å². The summed E-state index contributed by atoms with van der Waals surface area (Å²) in [6.07, 6.45) is 22.8. The number of nitrogens with zero attached hydrogens (tertiary/aromatic N) is 1. The molecule has 4 fully saturated rings. The average molecular weight is 318 g/mol. The van der Waals surface area contributed by atoms with Crippen molar-refractivity contribution in [3.05, 3.63) is 0 Å². The number of likely N-dealkylation sites (tertiary alicyclic amines) is 1. The van der Waals surface area contributed by atoms with Gasteiger partial charge in [-0.3, -0.25) is 4.90 Å². The standard InChI is InChI=1S/C22H39N/c1-2-3-9-17-14-15-22-20(16-17)19-12-7-8-13-21(19)23(22)18-10-5-4-6-11-18/h17-22H,2-16H2,1H3. The molecule has 0 aromatic rings. The van der Waals surface area contributed by atoms with Crippen LogP contribution in [-0.4, -0.2) is 23.0 Å². The second kappa shape index (κ2) is 7.46. The van der Waals surface area contributed by atoms with Crippen molar-refractivity contribution in [1.29, 1.82) is 0 Å². The first kappa shape index (κ1) is 16.4. The van der Waals surface area contributed by atoms with Gasteiger partial charge in [0.05, 0.1) is 0 Å². The van der Waals surface area contributed by atoms with Gasteiger partial charge in [0, 0.05) is 18.1 Å². The summed E-state index contributed by atoms with van der Waals surface area (Å²) in [6.45, 7) is 2.36. The Hall–Kier alpha value is -0.0400. The van der Waals surface area contributed by atoms with Gasteiger partial charge in [-0.1, -0.05) is 58.3 Å². The van der Waals surface area contributed by atoms with Gasteiger partial charge in [-0.2, -0.15) is 0 Å². The van der Waals surface area contributed by atoms with E-state index < -0.39 is 0 Å². The molecule has 1 heterocycles. The van der Waals surface area contributed by atoms with Crippen LogP contribution in [0.1, 0.15) is 103 Å². The quantitative estimate of drug-likeness (QED) is 0.599. The van der Waals surface area contributed by atoms with E-state index in [1.807, 2.05) is 0 Å². The molecular formula is C22H39N. The van der Waals surface area contributed by atoms with Crippen molar-refractivity contribution in [3.63, 3.8) is 0 Å². The highest BCUT2D eigenvalue weighted by Crippen LogP contribution is 2.52. The van der Waals surface area contributed by atoms with E-state index in [0.29, 0.717) is 0 Å². The van der Waals surface area contributed by atoms with E-state index in [1.165, 1.54) is 70.6 Å². The summed E-state index contributed by atoms with van der Waals surface area (Å²) in [5.41, 5.74) is 0. The molecule has 4 aliphatic rings. The zero-order valence-corrected chi connectivity index (χ0v) is 15.5. The third kappa shape index (κ3) is 3.24. The molecule has 0 aromatic carbocycles. The maximum atomic E-state index is 3.16. The summed E-state index contributed by atoms with van der Waals surface area (Å²) >= 11 is 0. The van der Waals surface area contributed by atoms with Crippen LogP contribution in [0.15, 0.2) is 0 Å². The van der Waals surface area contributed by atoms with E-state index >= 15 is 0 Å². The van der Waals surface area contributed by atoms with Crippen molar-refractivity contribution in [2.75, 3.05) is 0 Å². The Balaban J connectivity index is 1.49. The molecule has 3 saturated carbocycles. The highest BCUT2D eigenvalue weighted by molar-refractivity contribution is 5.05. The molecule has 0 N–H and O–H groups in total. The van der Waals surface area contributed by atoms with Crippen molar-refractivity contribution in [2.45, 2.75) is 121 Å². The molecular weight excluding hydrogens is 278 g/mol. The lowest BCUT2D eigenvalue weighted by Crippen LogP contribution is -2.47. The lowest BCUT2D eigenvalue weighted by atomic mass is 9.69. The van der Waals surface area contributed by atoms with Crippen molar-refractivity contribution >= 4 is 0 Å². The molecule has 1 nitrogen and oxygen atoms in total. The van der Waals surface area contributed by atoms with Crippen molar-refractivity contribution in [2.24, 2.45) is 17.8 Å². The van der Waals surface area contributed by atoms with Crippen LogP contribution in [0.25, 0.3) is 0 Å². The van der Waals surface area contributed by atoms with Gasteiger partial charge < -0.3 is 0 Å². The maximum Gasteiger partial charge on any atom is 0.0133 e. The number of hydrogen-bond donors (Lipinski definition) is 0. The van der Waals surface area contributed by atoms with Gasteiger partial charge in [0.25, 0.3) is 0 Å². The molecule has 1 aliphatic heterocycles. The van der Waals surface area contributed by atoms with E-state index in [1.54, 1.807) is 25.7 Å². The van der Waals surface area contributed by atoms with Crippen LogP contribution in [0.2, 0.25) is 0 Å². The molecule has 0 radical (unpaired) electrons. The van der Waals surface area contributed by atoms with Crippen LogP contribution in [0.4, 0.5) is 0 Å². The minimum Gasteiger partial charge on any atom is -0.294 e. The molecule has 23 heavy (non-hydrogen) atoms. The molecule has 0 spiro atoms. The lowest BCUT2D eigenvalue weighted by molar-refractivity contribution is 0.0585. The second-order valence-corrected chi connectivity index (χ2v) is 9.31. The lowest BCUT2D eigenvalue weighted by Gasteiger charge is -2.43. The Morgan fingerprint density at radius 2 is 1.48 bits per heavy atom. The molecule has 3 aliphatic carbocycles. The summed E-state index contributed by atoms with van der Waals surface area (Å²) in [5.74, 6) is 3.24. The molecule has 1 heteroatoms. The predicted molar refractivity (Wildman–Crippen MR) is 98.6 cm³/mol. The van der Waals surface area contributed by atoms with Gasteiger partial charge in [-0.15, -0.1) is 0 Å². The Morgan fingerprint density at radius 1 is 0.739 bits per heavy atom. The van der Waals surface area contributed by atoms with Crippen LogP contribution in [0.3, 0.4) is 0 Å². The van der Waals surface area contributed by atoms with Gasteiger partial charge >= 0.3 is 0 Å². The van der Waals surface area contributed by atoms with Crippen molar-refractivity contribution in [3.8, 4) is 0 Å². The smallest absolute Gasteiger partial charge is 0.0133 e. The molecule has 132 valence electrons. The van der Waals surface area contributed by atoms with Gasteiger partial charge in [0.15, 0.2) is 0 Å². The van der Waals surface area contributed by atoms with Crippen LogP contribution in [-0.2, 0) is 0 Å². The first-order valence-electron chi connectivity index (χ1n) is 11.2. The van der Waals surface area contributed by atoms with Crippen molar-refractivity contribution in [1.82, 2.24) is 4.90 Å². The average Bonchev–Trinajstić information content (AvgIpc) is 2.94. The Kier molecular flexibility index (Phi) is 5.33. The largest absolute Gasteiger partial charge is 0.294 e. The van der Waals surface area contributed by atoms with Gasteiger partial charge in [0.2, 0.25) is 0 Å². The summed E-state index contributed by atoms with van der Waals surface area (Å²) in [7, 11) is 0. The zero-order chi connectivity index (χ0) is 15.6. The fraction of sp³-hybridized carbons (Fsp3) is 1.00. The maximum absolute atomic E-state index is 3.16. The Bertz CT molecular complexity index is 372. The molecule has 0 aromatic heterocycles. The highest BCUT2D eigenvalue weighted by Gasteiger charge is 2.52. The topological polar surface area (TPSA) is 3.24 Å². The molecule has 0 bridgehead atoms. The fourth-order valence-corrected chi connectivity index (χ4v) is 7.04. The Morgan fingerprint density at radius 3 is 2.30 bits per heavy atom. The Labute approximate surface area is 144 Å². The SMILES string of the molecule is CCCCC1CCC2C(C1)C1CCCCC1N2C1CCCCC1. The first-order chi connectivity index (χ1) is 11.4. The zero-order valence-electron chi connectivity index (χ0n) is 15.5. The van der Waals surface area contributed by atoms with E-state index in [2.05, 4.69) is 11.8 Å². The summed E-state index contributed by atoms with van der Waals surface area (Å²) in [6, 6.07) is 2.95. The van der Waals surface area contributed by atoms with E-state index in [0.717, 1.165) is 35.9 Å². The summed E-state index contributed by atoms with van der Waals surface area (Å²) in [4.78, 5) is 3.16. The minimum absolute atomic E-state index is 0.969. The third-order valence-electron chi connectivity index (χ3n) is 8.03. The van der Waals surface area contributed by atoms with Gasteiger partial charge in [-0.25, -0.2) is 0 Å². The summed E-state index contributed by atoms with van der Waals surface area (Å²) < 4.78 is 0. The predicted octanol–water partition coefficient (Wildman–Crippen LogP) is 6.17. The van der Waals surface area contributed by atoms with Gasteiger partial charge in [0.1, 0.15) is 0 Å². The number of fused-ring (bicyclic) bond motifs is 3. The van der Waals surface area contributed by atoms with Gasteiger partial charge in [-0.05, 0) is 62.7 Å². The number of unbranched alkanes of at least 4 members (excludes halogenated alkanes) is 1. The molecule has 1 saturated heterocycles. The summed E-state index contributed by atoms with van der Waals surface area (Å²) in [5, 5.41) is 0. The monoisotopic (exact) mass is 317 g/mol. The molecule has 5 atom stereocenters. The van der Waals surface area contributed by atoms with Crippen molar-refractivity contribution < 1.29 is 0 Å². The van der Waals surface area contributed by atoms with E-state index in [-0.39, 0.29) is 0 Å². The third-order valence-corrected chi connectivity index (χ3v) is 8.03. The number of hydrogen-bond acceptors (Lipinski definition) is 1. The fourth-order valence-electron chi connectivity index (χ4n) is 7.04. The normalized spacial score (nSPS) is 42.4. The first-order valence-corrected chi connectivity index (χ1v) is 11.2. The van der Waals surface area contributed by atoms with Crippen LogP contribution < -0.4 is 0 Å². The minimum atomic E-state index is 0.969. The van der Waals surface area contributed by atoms with E-state index in [4.69, 9.17) is 0 Å². The van der Waals surface area contributed by atoms with Crippen LogP contribution in [0, 0.1) is 17.8 Å². The molecule has 5 unspecified atom stereocenters. The van der Waals surface area contributed by atoms with Crippen LogP contribution >= 0.6 is 0 Å². The van der Waals surface area contributed by atoms with E-state index in [9.17, 15) is 0 Å². The number of rotatable bonds is 4. The highest BCUT2D eigenvalue weighted by atomic mass is 15.3. The molecule has 4 rings (SSSR count). The molecule has 0 amide bonds. The second-order valence-electron chi connectivity index (χ2n) is 9.31.